The Morgan fingerprint density at radius 1 is 0.800 bits per heavy atom. The van der Waals surface area contributed by atoms with E-state index < -0.39 is 11.7 Å². The van der Waals surface area contributed by atoms with Crippen molar-refractivity contribution >= 4 is 0 Å². The molecule has 1 aliphatic carbocycles. The molecule has 0 aromatic heterocycles. The zero-order chi connectivity index (χ0) is 20.1. The van der Waals surface area contributed by atoms with Gasteiger partial charge in [0.05, 0.1) is 31.9 Å². The molecule has 0 radical (unpaired) electrons. The Morgan fingerprint density at radius 3 is 2.10 bits per heavy atom. The standard InChI is InChI=1S/C24H28N2O4/c27-23-21-19(15-29-25(21)12-17-7-3-1-4-8-17)11-24(23)22-20(14-28-24)16-30-26(22)13-18-9-5-2-6-10-18/h1-10,19-23,27H,11-16H2/t19-,20-,21+,22+,23-,24+/m1/s1. The Labute approximate surface area is 176 Å². The molecule has 3 saturated heterocycles. The van der Waals surface area contributed by atoms with Crippen LogP contribution >= 0.6 is 0 Å². The van der Waals surface area contributed by atoms with Gasteiger partial charge in [-0.2, -0.15) is 10.1 Å². The second kappa shape index (κ2) is 7.41. The van der Waals surface area contributed by atoms with Crippen LogP contribution in [0.25, 0.3) is 0 Å². The Balaban J connectivity index is 1.25. The minimum Gasteiger partial charge on any atom is -0.388 e. The van der Waals surface area contributed by atoms with Crippen molar-refractivity contribution in [1.82, 2.24) is 10.1 Å². The highest BCUT2D eigenvalue weighted by atomic mass is 16.7. The predicted octanol–water partition coefficient (Wildman–Crippen LogP) is 2.38. The van der Waals surface area contributed by atoms with Gasteiger partial charge in [0, 0.05) is 24.9 Å². The van der Waals surface area contributed by atoms with Crippen LogP contribution in [0.1, 0.15) is 17.5 Å². The summed E-state index contributed by atoms with van der Waals surface area (Å²) in [5.74, 6) is 0.562. The molecule has 1 spiro atoms. The molecule has 6 atom stereocenters. The Morgan fingerprint density at radius 2 is 1.40 bits per heavy atom. The molecule has 0 bridgehead atoms. The van der Waals surface area contributed by atoms with E-state index in [1.165, 1.54) is 11.1 Å². The third-order valence-corrected chi connectivity index (χ3v) is 7.32. The van der Waals surface area contributed by atoms with Gasteiger partial charge < -0.3 is 9.84 Å². The molecule has 6 nitrogen and oxygen atoms in total. The molecule has 4 aliphatic rings. The first kappa shape index (κ1) is 18.9. The fourth-order valence-corrected chi connectivity index (χ4v) is 6.02. The first-order valence-corrected chi connectivity index (χ1v) is 10.9. The van der Waals surface area contributed by atoms with E-state index in [0.717, 1.165) is 6.42 Å². The van der Waals surface area contributed by atoms with E-state index in [4.69, 9.17) is 14.4 Å². The fourth-order valence-electron chi connectivity index (χ4n) is 6.02. The van der Waals surface area contributed by atoms with E-state index >= 15 is 0 Å². The maximum atomic E-state index is 11.6. The van der Waals surface area contributed by atoms with Crippen LogP contribution in [-0.4, -0.2) is 58.8 Å². The lowest BCUT2D eigenvalue weighted by Gasteiger charge is -2.39. The summed E-state index contributed by atoms with van der Waals surface area (Å²) in [5, 5.41) is 15.6. The van der Waals surface area contributed by atoms with Crippen LogP contribution in [0.2, 0.25) is 0 Å². The first-order chi connectivity index (χ1) is 14.7. The van der Waals surface area contributed by atoms with Crippen molar-refractivity contribution in [2.45, 2.75) is 43.3 Å². The number of hydrogen-bond acceptors (Lipinski definition) is 6. The summed E-state index contributed by atoms with van der Waals surface area (Å²) in [6.45, 7) is 3.32. The number of hydrogen-bond donors (Lipinski definition) is 1. The van der Waals surface area contributed by atoms with E-state index in [0.29, 0.717) is 38.8 Å². The monoisotopic (exact) mass is 408 g/mol. The normalized spacial score (nSPS) is 38.4. The smallest absolute Gasteiger partial charge is 0.114 e. The molecular formula is C24H28N2O4. The van der Waals surface area contributed by atoms with E-state index in [1.807, 2.05) is 29.3 Å². The molecule has 1 N–H and O–H groups in total. The Hall–Kier alpha value is -1.80. The van der Waals surface area contributed by atoms with Crippen molar-refractivity contribution in [1.29, 1.82) is 0 Å². The van der Waals surface area contributed by atoms with Crippen LogP contribution in [0.4, 0.5) is 0 Å². The Kier molecular flexibility index (Phi) is 4.67. The number of fused-ring (bicyclic) bond motifs is 3. The SMILES string of the molecule is O[C@@H]1[C@@H]2[C@@H](CON2Cc2ccccc2)C[C@@]12OC[C@@H]1CON(Cc3ccccc3)[C@@H]12. The average molecular weight is 408 g/mol. The van der Waals surface area contributed by atoms with Crippen LogP contribution in [0.3, 0.4) is 0 Å². The van der Waals surface area contributed by atoms with Crippen LogP contribution in [-0.2, 0) is 27.5 Å². The first-order valence-electron chi connectivity index (χ1n) is 10.9. The van der Waals surface area contributed by atoms with Crippen molar-refractivity contribution < 1.29 is 19.5 Å². The van der Waals surface area contributed by atoms with Gasteiger partial charge in [-0.3, -0.25) is 9.68 Å². The fraction of sp³-hybridized carbons (Fsp3) is 0.500. The molecular weight excluding hydrogens is 380 g/mol. The lowest BCUT2D eigenvalue weighted by molar-refractivity contribution is -0.222. The summed E-state index contributed by atoms with van der Waals surface area (Å²) in [6, 6.07) is 20.7. The zero-order valence-electron chi connectivity index (χ0n) is 17.0. The minimum absolute atomic E-state index is 0.0527. The van der Waals surface area contributed by atoms with Gasteiger partial charge >= 0.3 is 0 Å². The van der Waals surface area contributed by atoms with E-state index in [2.05, 4.69) is 41.5 Å². The molecule has 158 valence electrons. The topological polar surface area (TPSA) is 54.4 Å². The highest BCUT2D eigenvalue weighted by Crippen LogP contribution is 2.53. The summed E-state index contributed by atoms with van der Waals surface area (Å²) < 4.78 is 6.43. The molecule has 1 saturated carbocycles. The third kappa shape index (κ3) is 2.94. The summed E-state index contributed by atoms with van der Waals surface area (Å²) in [4.78, 5) is 12.1. The molecule has 0 amide bonds. The molecule has 0 unspecified atom stereocenters. The number of benzene rings is 2. The second-order valence-corrected chi connectivity index (χ2v) is 9.08. The van der Waals surface area contributed by atoms with Crippen LogP contribution < -0.4 is 0 Å². The zero-order valence-corrected chi connectivity index (χ0v) is 17.0. The number of nitrogens with zero attached hydrogens (tertiary/aromatic N) is 2. The quantitative estimate of drug-likeness (QED) is 0.839. The van der Waals surface area contributed by atoms with Crippen molar-refractivity contribution in [3.8, 4) is 0 Å². The molecule has 4 fully saturated rings. The predicted molar refractivity (Wildman–Crippen MR) is 110 cm³/mol. The van der Waals surface area contributed by atoms with Gasteiger partial charge in [-0.25, -0.2) is 0 Å². The van der Waals surface area contributed by atoms with E-state index in [1.54, 1.807) is 0 Å². The summed E-state index contributed by atoms with van der Waals surface area (Å²) in [5.41, 5.74) is 1.80. The molecule has 2 aromatic carbocycles. The van der Waals surface area contributed by atoms with Crippen molar-refractivity contribution in [2.24, 2.45) is 11.8 Å². The van der Waals surface area contributed by atoms with Crippen LogP contribution in [0.5, 0.6) is 0 Å². The highest BCUT2D eigenvalue weighted by Gasteiger charge is 2.68. The maximum Gasteiger partial charge on any atom is 0.114 e. The lowest BCUT2D eigenvalue weighted by Crippen LogP contribution is -2.57. The van der Waals surface area contributed by atoms with Gasteiger partial charge in [-0.1, -0.05) is 60.7 Å². The van der Waals surface area contributed by atoms with Crippen LogP contribution in [0.15, 0.2) is 60.7 Å². The van der Waals surface area contributed by atoms with Gasteiger partial charge in [0.15, 0.2) is 0 Å². The van der Waals surface area contributed by atoms with Crippen molar-refractivity contribution in [3.05, 3.63) is 71.8 Å². The number of aliphatic hydroxyl groups excluding tert-OH is 1. The number of hydroxylamine groups is 4. The summed E-state index contributed by atoms with van der Waals surface area (Å²) >= 11 is 0. The minimum atomic E-state index is -0.608. The largest absolute Gasteiger partial charge is 0.388 e. The molecule has 30 heavy (non-hydrogen) atoms. The molecule has 6 rings (SSSR count). The average Bonchev–Trinajstić information content (AvgIpc) is 3.51. The van der Waals surface area contributed by atoms with E-state index in [-0.39, 0.29) is 18.0 Å². The van der Waals surface area contributed by atoms with Crippen molar-refractivity contribution in [3.63, 3.8) is 0 Å². The number of rotatable bonds is 4. The number of aliphatic hydroxyl groups is 1. The molecule has 6 heteroatoms. The summed E-state index contributed by atoms with van der Waals surface area (Å²) in [6.07, 6.45) is 0.198. The second-order valence-electron chi connectivity index (χ2n) is 9.08. The van der Waals surface area contributed by atoms with Gasteiger partial charge in [0.25, 0.3) is 0 Å². The highest BCUT2D eigenvalue weighted by molar-refractivity contribution is 5.21. The molecule has 2 aromatic rings. The Bertz CT molecular complexity index is 881. The molecule has 3 heterocycles. The van der Waals surface area contributed by atoms with Crippen molar-refractivity contribution in [2.75, 3.05) is 19.8 Å². The van der Waals surface area contributed by atoms with Gasteiger partial charge in [-0.15, -0.1) is 0 Å². The molecule has 3 aliphatic heterocycles. The number of ether oxygens (including phenoxy) is 1. The lowest BCUT2D eigenvalue weighted by atomic mass is 9.84. The van der Waals surface area contributed by atoms with Gasteiger partial charge in [0.1, 0.15) is 11.7 Å². The van der Waals surface area contributed by atoms with Gasteiger partial charge in [0.2, 0.25) is 0 Å². The third-order valence-electron chi connectivity index (χ3n) is 7.32. The van der Waals surface area contributed by atoms with Gasteiger partial charge in [-0.05, 0) is 17.5 Å². The summed E-state index contributed by atoms with van der Waals surface area (Å²) in [7, 11) is 0. The van der Waals surface area contributed by atoms with Crippen LogP contribution in [0, 0.1) is 11.8 Å². The van der Waals surface area contributed by atoms with E-state index in [9.17, 15) is 5.11 Å². The maximum absolute atomic E-state index is 11.6.